The Balaban J connectivity index is 1.78. The van der Waals surface area contributed by atoms with E-state index in [4.69, 9.17) is 4.74 Å². The summed E-state index contributed by atoms with van der Waals surface area (Å²) in [7, 11) is 0. The maximum atomic E-state index is 12.2. The topological polar surface area (TPSA) is 129 Å². The maximum Gasteiger partial charge on any atom is 0.306 e. The van der Waals surface area contributed by atoms with Crippen LogP contribution in [0.3, 0.4) is 0 Å². The summed E-state index contributed by atoms with van der Waals surface area (Å²) in [6, 6.07) is 14.1. The molecule has 1 aromatic heterocycles. The van der Waals surface area contributed by atoms with Crippen LogP contribution in [0.2, 0.25) is 0 Å². The number of thioether (sulfide) groups is 1. The molecule has 0 atom stereocenters. The van der Waals surface area contributed by atoms with E-state index in [0.717, 1.165) is 11.1 Å². The van der Waals surface area contributed by atoms with Crippen LogP contribution in [-0.2, 0) is 26.6 Å². The number of nitrogens with one attached hydrogen (secondary N) is 1. The van der Waals surface area contributed by atoms with Crippen molar-refractivity contribution in [1.82, 2.24) is 20.1 Å². The van der Waals surface area contributed by atoms with Crippen LogP contribution in [0.1, 0.15) is 36.7 Å². The maximum absolute atomic E-state index is 12.2. The number of aromatic nitrogens is 3. The first-order chi connectivity index (χ1) is 16.4. The number of nitro benzene ring substituents is 1. The molecule has 0 fully saturated rings. The lowest BCUT2D eigenvalue weighted by atomic mass is 10.1. The van der Waals surface area contributed by atoms with Crippen molar-refractivity contribution in [2.45, 2.75) is 44.1 Å². The van der Waals surface area contributed by atoms with Crippen molar-refractivity contribution in [3.63, 3.8) is 0 Å². The largest absolute Gasteiger partial charge is 0.466 e. The van der Waals surface area contributed by atoms with Gasteiger partial charge in [-0.1, -0.05) is 36.0 Å². The van der Waals surface area contributed by atoms with Crippen LogP contribution in [0, 0.1) is 17.0 Å². The Hall–Kier alpha value is -3.73. The molecular weight excluding hydrogens is 458 g/mol. The van der Waals surface area contributed by atoms with Gasteiger partial charge in [0.15, 0.2) is 11.0 Å². The van der Waals surface area contributed by atoms with E-state index >= 15 is 0 Å². The number of hydrogen-bond donors (Lipinski definition) is 1. The highest BCUT2D eigenvalue weighted by molar-refractivity contribution is 7.98. The number of carbonyl (C=O) groups is 2. The molecule has 2 aromatic carbocycles. The van der Waals surface area contributed by atoms with E-state index in [1.54, 1.807) is 23.6 Å². The number of nitro groups is 1. The van der Waals surface area contributed by atoms with Crippen LogP contribution in [0.4, 0.5) is 5.69 Å². The molecule has 1 heterocycles. The summed E-state index contributed by atoms with van der Waals surface area (Å²) in [5.74, 6) is 0.372. The first-order valence-electron chi connectivity index (χ1n) is 10.7. The highest BCUT2D eigenvalue weighted by Crippen LogP contribution is 2.27. The number of non-ortho nitro benzene ring substituents is 1. The zero-order valence-electron chi connectivity index (χ0n) is 18.9. The molecule has 0 radical (unpaired) electrons. The van der Waals surface area contributed by atoms with E-state index in [-0.39, 0.29) is 37.6 Å². The summed E-state index contributed by atoms with van der Waals surface area (Å²) in [4.78, 5) is 34.2. The Morgan fingerprint density at radius 2 is 1.85 bits per heavy atom. The van der Waals surface area contributed by atoms with Gasteiger partial charge in [-0.15, -0.1) is 10.2 Å². The fourth-order valence-electron chi connectivity index (χ4n) is 3.12. The number of benzene rings is 2. The lowest BCUT2D eigenvalue weighted by Gasteiger charge is -2.11. The van der Waals surface area contributed by atoms with Crippen LogP contribution in [0.25, 0.3) is 5.69 Å². The third-order valence-electron chi connectivity index (χ3n) is 4.94. The van der Waals surface area contributed by atoms with Gasteiger partial charge in [-0.3, -0.25) is 24.3 Å². The van der Waals surface area contributed by atoms with Crippen LogP contribution in [0.5, 0.6) is 0 Å². The Kier molecular flexibility index (Phi) is 8.74. The van der Waals surface area contributed by atoms with Crippen molar-refractivity contribution in [3.8, 4) is 5.69 Å². The van der Waals surface area contributed by atoms with E-state index in [1.807, 2.05) is 31.2 Å². The number of hydrogen-bond acceptors (Lipinski definition) is 8. The molecule has 10 nitrogen and oxygen atoms in total. The van der Waals surface area contributed by atoms with Gasteiger partial charge in [0.05, 0.1) is 24.5 Å². The SMILES string of the molecule is CCOC(=O)CCC(=O)NCc1nnc(SCc2ccccc2C)n1-c1ccc([N+](=O)[O-])cc1. The van der Waals surface area contributed by atoms with E-state index in [1.165, 1.54) is 23.9 Å². The quantitative estimate of drug-likeness (QED) is 0.189. The number of aryl methyl sites for hydroxylation is 1. The first-order valence-corrected chi connectivity index (χ1v) is 11.7. The summed E-state index contributed by atoms with van der Waals surface area (Å²) in [5, 5.41) is 22.9. The Bertz CT molecular complexity index is 1160. The van der Waals surface area contributed by atoms with Gasteiger partial charge in [-0.25, -0.2) is 0 Å². The average molecular weight is 484 g/mol. The van der Waals surface area contributed by atoms with Crippen LogP contribution < -0.4 is 5.32 Å². The van der Waals surface area contributed by atoms with Crippen LogP contribution in [-0.4, -0.2) is 38.2 Å². The Morgan fingerprint density at radius 3 is 2.53 bits per heavy atom. The van der Waals surface area contributed by atoms with Crippen LogP contribution >= 0.6 is 11.8 Å². The second-order valence-electron chi connectivity index (χ2n) is 7.30. The number of rotatable bonds is 11. The minimum Gasteiger partial charge on any atom is -0.466 e. The number of carbonyl (C=O) groups excluding carboxylic acids is 2. The summed E-state index contributed by atoms with van der Waals surface area (Å²) < 4.78 is 6.60. The van der Waals surface area contributed by atoms with Crippen molar-refractivity contribution in [2.24, 2.45) is 0 Å². The van der Waals surface area contributed by atoms with Crippen molar-refractivity contribution in [3.05, 3.63) is 75.6 Å². The van der Waals surface area contributed by atoms with Crippen molar-refractivity contribution < 1.29 is 19.2 Å². The molecule has 178 valence electrons. The van der Waals surface area contributed by atoms with Crippen LogP contribution in [0.15, 0.2) is 53.7 Å². The highest BCUT2D eigenvalue weighted by atomic mass is 32.2. The number of nitrogens with zero attached hydrogens (tertiary/aromatic N) is 4. The molecule has 0 aliphatic carbocycles. The molecule has 34 heavy (non-hydrogen) atoms. The lowest BCUT2D eigenvalue weighted by molar-refractivity contribution is -0.384. The first kappa shape index (κ1) is 24.9. The van der Waals surface area contributed by atoms with E-state index in [2.05, 4.69) is 15.5 Å². The van der Waals surface area contributed by atoms with Crippen molar-refractivity contribution >= 4 is 29.3 Å². The number of esters is 1. The highest BCUT2D eigenvalue weighted by Gasteiger charge is 2.17. The van der Waals surface area contributed by atoms with Gasteiger partial charge < -0.3 is 10.1 Å². The van der Waals surface area contributed by atoms with Gasteiger partial charge in [0.25, 0.3) is 5.69 Å². The van der Waals surface area contributed by atoms with Gasteiger partial charge in [0, 0.05) is 30.0 Å². The monoisotopic (exact) mass is 483 g/mol. The predicted octanol–water partition coefficient (Wildman–Crippen LogP) is 3.74. The zero-order chi connectivity index (χ0) is 24.5. The van der Waals surface area contributed by atoms with E-state index in [0.29, 0.717) is 22.4 Å². The predicted molar refractivity (Wildman–Crippen MR) is 126 cm³/mol. The summed E-state index contributed by atoms with van der Waals surface area (Å²) in [6.07, 6.45) is -0.00830. The van der Waals surface area contributed by atoms with E-state index < -0.39 is 10.9 Å². The van der Waals surface area contributed by atoms with Gasteiger partial charge in [0.1, 0.15) is 0 Å². The molecule has 0 bridgehead atoms. The van der Waals surface area contributed by atoms with Gasteiger partial charge in [-0.2, -0.15) is 0 Å². The lowest BCUT2D eigenvalue weighted by Crippen LogP contribution is -2.25. The molecule has 0 saturated heterocycles. The second kappa shape index (κ2) is 11.9. The van der Waals surface area contributed by atoms with Gasteiger partial charge in [0.2, 0.25) is 5.91 Å². The molecule has 0 aliphatic rings. The minimum atomic E-state index is -0.464. The molecule has 3 rings (SSSR count). The summed E-state index contributed by atoms with van der Waals surface area (Å²) in [6.45, 7) is 4.09. The zero-order valence-corrected chi connectivity index (χ0v) is 19.7. The molecule has 0 spiro atoms. The number of amides is 1. The van der Waals surface area contributed by atoms with Gasteiger partial charge >= 0.3 is 5.97 Å². The summed E-state index contributed by atoms with van der Waals surface area (Å²) in [5.41, 5.74) is 2.92. The minimum absolute atomic E-state index is 0.000602. The fraction of sp³-hybridized carbons (Fsp3) is 0.304. The van der Waals surface area contributed by atoms with Gasteiger partial charge in [-0.05, 0) is 37.1 Å². The third kappa shape index (κ3) is 6.64. The molecule has 0 saturated carbocycles. The molecule has 11 heteroatoms. The molecule has 1 amide bonds. The second-order valence-corrected chi connectivity index (χ2v) is 8.25. The molecule has 0 unspecified atom stereocenters. The smallest absolute Gasteiger partial charge is 0.306 e. The summed E-state index contributed by atoms with van der Waals surface area (Å²) >= 11 is 1.48. The normalized spacial score (nSPS) is 10.6. The fourth-order valence-corrected chi connectivity index (χ4v) is 4.17. The third-order valence-corrected chi connectivity index (χ3v) is 5.92. The standard InChI is InChI=1S/C23H25N5O5S/c1-3-33-22(30)13-12-21(29)24-14-20-25-26-23(34-15-17-7-5-4-6-16(17)2)27(20)18-8-10-19(11-9-18)28(31)32/h4-11H,3,12-15H2,1-2H3,(H,24,29). The van der Waals surface area contributed by atoms with Crippen molar-refractivity contribution in [2.75, 3.05) is 6.61 Å². The molecular formula is C23H25N5O5S. The molecule has 0 aliphatic heterocycles. The molecule has 3 aromatic rings. The van der Waals surface area contributed by atoms with E-state index in [9.17, 15) is 19.7 Å². The van der Waals surface area contributed by atoms with Crippen molar-refractivity contribution in [1.29, 1.82) is 0 Å². The number of ether oxygens (including phenoxy) is 1. The Morgan fingerprint density at radius 1 is 1.12 bits per heavy atom. The molecule has 1 N–H and O–H groups in total. The average Bonchev–Trinajstić information content (AvgIpc) is 3.24. The Labute approximate surface area is 200 Å².